The first-order valence-corrected chi connectivity index (χ1v) is 11.7. The van der Waals surface area contributed by atoms with E-state index >= 15 is 0 Å². The van der Waals surface area contributed by atoms with Crippen LogP contribution in [0.15, 0.2) is 23.2 Å². The normalized spacial score (nSPS) is 29.3. The van der Waals surface area contributed by atoms with Crippen molar-refractivity contribution in [1.29, 1.82) is 0 Å². The predicted octanol–water partition coefficient (Wildman–Crippen LogP) is 2.87. The monoisotopic (exact) mass is 437 g/mol. The van der Waals surface area contributed by atoms with Crippen LogP contribution < -0.4 is 5.73 Å². The molecule has 2 N–H and O–H groups in total. The second-order valence-corrected chi connectivity index (χ2v) is 9.58. The van der Waals surface area contributed by atoms with E-state index in [1.807, 2.05) is 11.9 Å². The molecule has 3 aliphatic carbocycles. The molecule has 6 nitrogen and oxygen atoms in total. The lowest BCUT2D eigenvalue weighted by Crippen LogP contribution is -2.49. The summed E-state index contributed by atoms with van der Waals surface area (Å²) in [7, 11) is 5.32. The first kappa shape index (κ1) is 22.8. The van der Waals surface area contributed by atoms with Crippen LogP contribution in [0.4, 0.5) is 0 Å². The van der Waals surface area contributed by atoms with E-state index in [-0.39, 0.29) is 11.5 Å². The second-order valence-electron chi connectivity index (χ2n) is 9.58. The van der Waals surface area contributed by atoms with Crippen LogP contribution in [-0.2, 0) is 26.2 Å². The number of aldehydes is 1. The van der Waals surface area contributed by atoms with Gasteiger partial charge in [-0.15, -0.1) is 0 Å². The number of hydrogen-bond acceptors (Lipinski definition) is 4. The molecule has 3 aliphatic rings. The van der Waals surface area contributed by atoms with Crippen molar-refractivity contribution in [1.82, 2.24) is 4.90 Å². The number of hydrogen-bond donors (Lipinski definition) is 1. The van der Waals surface area contributed by atoms with E-state index in [9.17, 15) is 4.79 Å². The Labute approximate surface area is 191 Å². The number of fused-ring (bicyclic) bond motifs is 1. The fourth-order valence-corrected chi connectivity index (χ4v) is 5.30. The molecule has 0 aromatic heterocycles. The molecule has 1 spiro atoms. The summed E-state index contributed by atoms with van der Waals surface area (Å²) in [5.41, 5.74) is 8.25. The molecule has 32 heavy (non-hydrogen) atoms. The minimum Gasteiger partial charge on any atom is -0.383 e. The number of nitrogens with zero attached hydrogens (tertiary/aromatic N) is 2. The average Bonchev–Trinajstić information content (AvgIpc) is 3.61. The smallest absolute Gasteiger partial charge is 0.192 e. The molecule has 4 rings (SSSR count). The summed E-state index contributed by atoms with van der Waals surface area (Å²) in [6.07, 6.45) is 8.07. The van der Waals surface area contributed by atoms with Gasteiger partial charge in [-0.1, -0.05) is 17.9 Å². The van der Waals surface area contributed by atoms with Crippen molar-refractivity contribution in [3.8, 4) is 11.8 Å². The molecular weight excluding hydrogens is 402 g/mol. The van der Waals surface area contributed by atoms with Crippen LogP contribution in [0.3, 0.4) is 0 Å². The Morgan fingerprint density at radius 3 is 2.66 bits per heavy atom. The van der Waals surface area contributed by atoms with E-state index in [2.05, 4.69) is 30.0 Å². The Morgan fingerprint density at radius 1 is 1.28 bits per heavy atom. The van der Waals surface area contributed by atoms with Crippen molar-refractivity contribution in [2.24, 2.45) is 22.1 Å². The predicted molar refractivity (Wildman–Crippen MR) is 125 cm³/mol. The molecule has 6 heteroatoms. The minimum atomic E-state index is -1.01. The highest BCUT2D eigenvalue weighted by atomic mass is 16.5. The maximum atomic E-state index is 13.0. The maximum absolute atomic E-state index is 13.0. The third kappa shape index (κ3) is 4.16. The number of ether oxygens (including phenoxy) is 2. The van der Waals surface area contributed by atoms with Crippen LogP contribution in [0.2, 0.25) is 0 Å². The molecule has 0 amide bonds. The number of nitrogens with two attached hydrogens (primary N) is 1. The topological polar surface area (TPSA) is 77.2 Å². The highest BCUT2D eigenvalue weighted by Gasteiger charge is 2.59. The summed E-state index contributed by atoms with van der Waals surface area (Å²) in [6, 6.07) is 6.31. The van der Waals surface area contributed by atoms with Gasteiger partial charge in [0.1, 0.15) is 0 Å². The molecular formula is C26H35N3O3. The standard InChI is InChI=1S/C26H35N3O3/c1-29(14-15-31-2)24(27)28-26(18-30)23-16-20(7-6-19-4-5-19)8-9-21(23)17-25(26)12-10-22(32-3)11-13-25/h8-9,16,18-19,22H,4-5,10-15,17H2,1-3H3,(H2,27,28)/t22?,25?,26-/m1/s1. The molecule has 1 aromatic carbocycles. The number of carbonyl (C=O) groups excluding carboxylic acids is 1. The van der Waals surface area contributed by atoms with Gasteiger partial charge < -0.3 is 24.9 Å². The van der Waals surface area contributed by atoms with Gasteiger partial charge in [0.2, 0.25) is 0 Å². The van der Waals surface area contributed by atoms with Gasteiger partial charge in [0, 0.05) is 44.7 Å². The molecule has 0 radical (unpaired) electrons. The van der Waals surface area contributed by atoms with Crippen LogP contribution in [0, 0.1) is 23.2 Å². The number of aliphatic imine (C=N–C) groups is 1. The molecule has 0 unspecified atom stereocenters. The Bertz CT molecular complexity index is 935. The maximum Gasteiger partial charge on any atom is 0.192 e. The summed E-state index contributed by atoms with van der Waals surface area (Å²) in [6.45, 7) is 1.15. The van der Waals surface area contributed by atoms with Gasteiger partial charge in [-0.2, -0.15) is 0 Å². The highest BCUT2D eigenvalue weighted by Crippen LogP contribution is 2.59. The Balaban J connectivity index is 1.77. The number of guanidine groups is 1. The zero-order valence-corrected chi connectivity index (χ0v) is 19.5. The van der Waals surface area contributed by atoms with E-state index in [4.69, 9.17) is 20.2 Å². The first-order valence-electron chi connectivity index (χ1n) is 11.7. The SMILES string of the molecule is COCCN(C)C(N)=N[C@]1(C=O)c2cc(C#CC3CC3)ccc2CC12CCC(OC)CC2. The Morgan fingerprint density at radius 2 is 2.03 bits per heavy atom. The second kappa shape index (κ2) is 9.25. The lowest BCUT2D eigenvalue weighted by molar-refractivity contribution is -0.118. The molecule has 172 valence electrons. The van der Waals surface area contributed by atoms with Gasteiger partial charge in [0.05, 0.1) is 12.7 Å². The van der Waals surface area contributed by atoms with E-state index in [0.29, 0.717) is 25.0 Å². The summed E-state index contributed by atoms with van der Waals surface area (Å²) >= 11 is 0. The van der Waals surface area contributed by atoms with E-state index in [1.165, 1.54) is 18.4 Å². The fourth-order valence-electron chi connectivity index (χ4n) is 5.30. The van der Waals surface area contributed by atoms with Crippen molar-refractivity contribution < 1.29 is 14.3 Å². The van der Waals surface area contributed by atoms with Gasteiger partial charge in [0.25, 0.3) is 0 Å². The van der Waals surface area contributed by atoms with Crippen molar-refractivity contribution in [2.45, 2.75) is 56.6 Å². The van der Waals surface area contributed by atoms with E-state index < -0.39 is 5.54 Å². The zero-order chi connectivity index (χ0) is 22.8. The first-order chi connectivity index (χ1) is 15.5. The Hall–Kier alpha value is -2.36. The number of methoxy groups -OCH3 is 2. The Kier molecular flexibility index (Phi) is 6.60. The van der Waals surface area contributed by atoms with E-state index in [0.717, 1.165) is 49.5 Å². The number of likely N-dealkylation sites (N-methyl/N-ethyl adjacent to an activating group) is 1. The van der Waals surface area contributed by atoms with E-state index in [1.54, 1.807) is 14.2 Å². The third-order valence-electron chi connectivity index (χ3n) is 7.56. The summed E-state index contributed by atoms with van der Waals surface area (Å²) in [5, 5.41) is 0. The quantitative estimate of drug-likeness (QED) is 0.321. The lowest BCUT2D eigenvalue weighted by atomic mass is 9.62. The summed E-state index contributed by atoms with van der Waals surface area (Å²) in [4.78, 5) is 19.9. The largest absolute Gasteiger partial charge is 0.383 e. The van der Waals surface area contributed by atoms with Gasteiger partial charge in [0.15, 0.2) is 17.8 Å². The highest BCUT2D eigenvalue weighted by molar-refractivity contribution is 5.84. The molecule has 2 fully saturated rings. The molecule has 0 saturated heterocycles. The van der Waals surface area contributed by atoms with Crippen molar-refractivity contribution in [3.05, 3.63) is 34.9 Å². The molecule has 1 aromatic rings. The summed E-state index contributed by atoms with van der Waals surface area (Å²) in [5.74, 6) is 7.55. The van der Waals surface area contributed by atoms with Crippen LogP contribution in [-0.4, -0.2) is 57.7 Å². The summed E-state index contributed by atoms with van der Waals surface area (Å²) < 4.78 is 10.8. The average molecular weight is 438 g/mol. The molecule has 0 heterocycles. The fraction of sp³-hybridized carbons (Fsp3) is 0.615. The zero-order valence-electron chi connectivity index (χ0n) is 19.5. The van der Waals surface area contributed by atoms with Crippen LogP contribution >= 0.6 is 0 Å². The molecule has 1 atom stereocenters. The van der Waals surface area contributed by atoms with Crippen molar-refractivity contribution >= 4 is 12.2 Å². The number of rotatable bonds is 6. The minimum absolute atomic E-state index is 0.236. The van der Waals surface area contributed by atoms with Crippen molar-refractivity contribution in [3.63, 3.8) is 0 Å². The van der Waals surface area contributed by atoms with Crippen LogP contribution in [0.25, 0.3) is 0 Å². The van der Waals surface area contributed by atoms with Crippen LogP contribution in [0.5, 0.6) is 0 Å². The number of benzene rings is 1. The molecule has 2 saturated carbocycles. The van der Waals surface area contributed by atoms with Crippen LogP contribution in [0.1, 0.15) is 55.2 Å². The van der Waals surface area contributed by atoms with Gasteiger partial charge >= 0.3 is 0 Å². The molecule has 0 aliphatic heterocycles. The van der Waals surface area contributed by atoms with Gasteiger partial charge in [-0.3, -0.25) is 0 Å². The third-order valence-corrected chi connectivity index (χ3v) is 7.56. The van der Waals surface area contributed by atoms with Gasteiger partial charge in [-0.05, 0) is 68.2 Å². The van der Waals surface area contributed by atoms with Crippen molar-refractivity contribution in [2.75, 3.05) is 34.4 Å². The van der Waals surface area contributed by atoms with Gasteiger partial charge in [-0.25, -0.2) is 4.99 Å². The number of carbonyl (C=O) groups is 1. The molecule has 0 bridgehead atoms. The lowest BCUT2D eigenvalue weighted by Gasteiger charge is -2.45.